The Hall–Kier alpha value is -2.72. The number of rotatable bonds is 6. The van der Waals surface area contributed by atoms with Gasteiger partial charge in [-0.3, -0.25) is 4.79 Å². The van der Waals surface area contributed by atoms with Gasteiger partial charge in [0.05, 0.1) is 16.8 Å². The molecule has 3 aromatic rings. The summed E-state index contributed by atoms with van der Waals surface area (Å²) in [6.07, 6.45) is 0.788. The fraction of sp³-hybridized carbons (Fsp3) is 0.200. The largest absolute Gasteiger partial charge is 0.385 e. The van der Waals surface area contributed by atoms with Gasteiger partial charge in [0.15, 0.2) is 0 Å². The van der Waals surface area contributed by atoms with Crippen LogP contribution in [0.1, 0.15) is 16.8 Å². The number of fused-ring (bicyclic) bond motifs is 1. The zero-order chi connectivity index (χ0) is 16.8. The first-order valence-corrected chi connectivity index (χ1v) is 8.02. The van der Waals surface area contributed by atoms with E-state index in [1.807, 2.05) is 60.7 Å². The molecule has 24 heavy (non-hydrogen) atoms. The third kappa shape index (κ3) is 3.60. The lowest BCUT2D eigenvalue weighted by Gasteiger charge is -2.10. The van der Waals surface area contributed by atoms with Crippen LogP contribution in [0.3, 0.4) is 0 Å². The van der Waals surface area contributed by atoms with Crippen molar-refractivity contribution in [3.63, 3.8) is 0 Å². The van der Waals surface area contributed by atoms with E-state index < -0.39 is 0 Å². The first-order valence-electron chi connectivity index (χ1n) is 8.02. The Bertz CT molecular complexity index is 831. The second-order valence-corrected chi connectivity index (χ2v) is 5.54. The molecule has 1 N–H and O–H groups in total. The van der Waals surface area contributed by atoms with Crippen molar-refractivity contribution in [2.24, 2.45) is 0 Å². The fourth-order valence-corrected chi connectivity index (χ4v) is 2.63. The van der Waals surface area contributed by atoms with Crippen LogP contribution in [0.2, 0.25) is 0 Å². The molecule has 4 heteroatoms. The molecule has 0 saturated heterocycles. The van der Waals surface area contributed by atoms with Crippen molar-refractivity contribution in [1.29, 1.82) is 0 Å². The molecule has 3 rings (SSSR count). The molecule has 0 spiro atoms. The summed E-state index contributed by atoms with van der Waals surface area (Å²) in [5.41, 5.74) is 3.27. The third-order valence-corrected chi connectivity index (χ3v) is 3.84. The highest BCUT2D eigenvalue weighted by atomic mass is 16.5. The SMILES string of the molecule is COCCCNC(=O)c1cc(-c2ccccc2)nc2ccccc12. The van der Waals surface area contributed by atoms with E-state index >= 15 is 0 Å². The number of hydrogen-bond donors (Lipinski definition) is 1. The first kappa shape index (κ1) is 16.1. The summed E-state index contributed by atoms with van der Waals surface area (Å²) in [7, 11) is 1.66. The number of methoxy groups -OCH3 is 1. The molecule has 0 aliphatic carbocycles. The monoisotopic (exact) mass is 320 g/mol. The van der Waals surface area contributed by atoms with Gasteiger partial charge in [-0.2, -0.15) is 0 Å². The Morgan fingerprint density at radius 2 is 1.83 bits per heavy atom. The maximum atomic E-state index is 12.6. The molecule has 0 aliphatic rings. The quantitative estimate of drug-likeness (QED) is 0.705. The van der Waals surface area contributed by atoms with Crippen molar-refractivity contribution < 1.29 is 9.53 Å². The molecule has 0 atom stereocenters. The summed E-state index contributed by atoms with van der Waals surface area (Å²) in [4.78, 5) is 17.3. The summed E-state index contributed by atoms with van der Waals surface area (Å²) < 4.78 is 5.02. The minimum absolute atomic E-state index is 0.0816. The predicted octanol–water partition coefficient (Wildman–Crippen LogP) is 3.67. The number of para-hydroxylation sites is 1. The van der Waals surface area contributed by atoms with Crippen molar-refractivity contribution >= 4 is 16.8 Å². The standard InChI is InChI=1S/C20H20N2O2/c1-24-13-7-12-21-20(23)17-14-19(15-8-3-2-4-9-15)22-18-11-6-5-10-16(17)18/h2-6,8-11,14H,7,12-13H2,1H3,(H,21,23). The Morgan fingerprint density at radius 3 is 2.62 bits per heavy atom. The van der Waals surface area contributed by atoms with E-state index in [2.05, 4.69) is 5.32 Å². The number of carbonyl (C=O) groups is 1. The predicted molar refractivity (Wildman–Crippen MR) is 96.0 cm³/mol. The number of aromatic nitrogens is 1. The van der Waals surface area contributed by atoms with Crippen molar-refractivity contribution in [1.82, 2.24) is 10.3 Å². The van der Waals surface area contributed by atoms with Crippen molar-refractivity contribution in [3.05, 3.63) is 66.2 Å². The molecule has 1 aromatic heterocycles. The van der Waals surface area contributed by atoms with E-state index in [4.69, 9.17) is 9.72 Å². The molecule has 0 aliphatic heterocycles. The van der Waals surface area contributed by atoms with Crippen LogP contribution in [0, 0.1) is 0 Å². The maximum Gasteiger partial charge on any atom is 0.252 e. The normalized spacial score (nSPS) is 10.7. The fourth-order valence-electron chi connectivity index (χ4n) is 2.63. The molecular formula is C20H20N2O2. The molecule has 0 fully saturated rings. The number of nitrogens with zero attached hydrogens (tertiary/aromatic N) is 1. The number of nitrogens with one attached hydrogen (secondary N) is 1. The molecule has 1 heterocycles. The van der Waals surface area contributed by atoms with Crippen molar-refractivity contribution in [3.8, 4) is 11.3 Å². The molecule has 0 radical (unpaired) electrons. The highest BCUT2D eigenvalue weighted by Crippen LogP contribution is 2.24. The van der Waals surface area contributed by atoms with Gasteiger partial charge < -0.3 is 10.1 Å². The van der Waals surface area contributed by atoms with Crippen molar-refractivity contribution in [2.45, 2.75) is 6.42 Å². The lowest BCUT2D eigenvalue weighted by molar-refractivity contribution is 0.0950. The van der Waals surface area contributed by atoms with E-state index in [1.165, 1.54) is 0 Å². The van der Waals surface area contributed by atoms with Gasteiger partial charge in [0.1, 0.15) is 0 Å². The van der Waals surface area contributed by atoms with Gasteiger partial charge in [0.25, 0.3) is 5.91 Å². The number of hydrogen-bond acceptors (Lipinski definition) is 3. The van der Waals surface area contributed by atoms with Gasteiger partial charge in [0, 0.05) is 31.2 Å². The maximum absolute atomic E-state index is 12.6. The van der Waals surface area contributed by atoms with Gasteiger partial charge >= 0.3 is 0 Å². The highest BCUT2D eigenvalue weighted by Gasteiger charge is 2.13. The van der Waals surface area contributed by atoms with Crippen LogP contribution in [-0.2, 0) is 4.74 Å². The molecular weight excluding hydrogens is 300 g/mol. The van der Waals surface area contributed by atoms with E-state index in [-0.39, 0.29) is 5.91 Å². The van der Waals surface area contributed by atoms with E-state index in [9.17, 15) is 4.79 Å². The number of amides is 1. The molecule has 0 bridgehead atoms. The average Bonchev–Trinajstić information content (AvgIpc) is 2.65. The molecule has 122 valence electrons. The van der Waals surface area contributed by atoms with Crippen LogP contribution in [0.15, 0.2) is 60.7 Å². The Morgan fingerprint density at radius 1 is 1.08 bits per heavy atom. The third-order valence-electron chi connectivity index (χ3n) is 3.84. The molecule has 4 nitrogen and oxygen atoms in total. The molecule has 0 unspecified atom stereocenters. The van der Waals surface area contributed by atoms with Crippen LogP contribution in [0.25, 0.3) is 22.2 Å². The Balaban J connectivity index is 1.97. The lowest BCUT2D eigenvalue weighted by Crippen LogP contribution is -2.25. The minimum atomic E-state index is -0.0816. The second-order valence-electron chi connectivity index (χ2n) is 5.54. The zero-order valence-corrected chi connectivity index (χ0v) is 13.7. The summed E-state index contributed by atoms with van der Waals surface area (Å²) in [6.45, 7) is 1.22. The van der Waals surface area contributed by atoms with Crippen LogP contribution in [0.5, 0.6) is 0 Å². The van der Waals surface area contributed by atoms with Crippen LogP contribution in [0.4, 0.5) is 0 Å². The first-order chi connectivity index (χ1) is 11.8. The molecule has 2 aromatic carbocycles. The topological polar surface area (TPSA) is 51.2 Å². The van der Waals surface area contributed by atoms with Gasteiger partial charge in [-0.1, -0.05) is 48.5 Å². The minimum Gasteiger partial charge on any atom is -0.385 e. The summed E-state index contributed by atoms with van der Waals surface area (Å²) in [5, 5.41) is 3.82. The van der Waals surface area contributed by atoms with Gasteiger partial charge in [-0.25, -0.2) is 4.98 Å². The van der Waals surface area contributed by atoms with Crippen molar-refractivity contribution in [2.75, 3.05) is 20.3 Å². The van der Waals surface area contributed by atoms with E-state index in [1.54, 1.807) is 7.11 Å². The summed E-state index contributed by atoms with van der Waals surface area (Å²) in [5.74, 6) is -0.0816. The molecule has 1 amide bonds. The average molecular weight is 320 g/mol. The number of carbonyl (C=O) groups excluding carboxylic acids is 1. The van der Waals surface area contributed by atoms with Gasteiger partial charge in [-0.05, 0) is 18.6 Å². The molecule has 0 saturated carbocycles. The number of benzene rings is 2. The van der Waals surface area contributed by atoms with Crippen LogP contribution < -0.4 is 5.32 Å². The Kier molecular flexibility index (Phi) is 5.18. The smallest absolute Gasteiger partial charge is 0.252 e. The number of ether oxygens (including phenoxy) is 1. The van der Waals surface area contributed by atoms with E-state index in [0.29, 0.717) is 18.7 Å². The van der Waals surface area contributed by atoms with E-state index in [0.717, 1.165) is 28.6 Å². The van der Waals surface area contributed by atoms with Crippen LogP contribution in [-0.4, -0.2) is 31.2 Å². The summed E-state index contributed by atoms with van der Waals surface area (Å²) in [6, 6.07) is 19.5. The van der Waals surface area contributed by atoms with Gasteiger partial charge in [0.2, 0.25) is 0 Å². The van der Waals surface area contributed by atoms with Gasteiger partial charge in [-0.15, -0.1) is 0 Å². The number of pyridine rings is 1. The highest BCUT2D eigenvalue weighted by molar-refractivity contribution is 6.07. The second kappa shape index (κ2) is 7.70. The zero-order valence-electron chi connectivity index (χ0n) is 13.7. The van der Waals surface area contributed by atoms with Crippen LogP contribution >= 0.6 is 0 Å². The Labute approximate surface area is 141 Å². The summed E-state index contributed by atoms with van der Waals surface area (Å²) >= 11 is 0. The lowest BCUT2D eigenvalue weighted by atomic mass is 10.0.